The molecular formula is C21H23N3O4S2. The normalized spacial score (nSPS) is 20.3. The summed E-state index contributed by atoms with van der Waals surface area (Å²) in [5, 5.41) is 4.63. The number of aldehydes is 1. The number of sulfonamides is 1. The van der Waals surface area contributed by atoms with Crippen LogP contribution in [0, 0.1) is 0 Å². The zero-order chi connectivity index (χ0) is 21.3. The molecule has 0 bridgehead atoms. The largest absolute Gasteiger partial charge is 0.495 e. The first kappa shape index (κ1) is 20.7. The van der Waals surface area contributed by atoms with E-state index < -0.39 is 10.0 Å². The lowest BCUT2D eigenvalue weighted by atomic mass is 10.1. The van der Waals surface area contributed by atoms with Gasteiger partial charge in [-0.25, -0.2) is 8.42 Å². The Bertz CT molecular complexity index is 1100. The van der Waals surface area contributed by atoms with Crippen LogP contribution in [-0.2, 0) is 21.2 Å². The molecule has 158 valence electrons. The highest BCUT2D eigenvalue weighted by atomic mass is 32.2. The van der Waals surface area contributed by atoms with E-state index in [-0.39, 0.29) is 16.2 Å². The Kier molecular flexibility index (Phi) is 5.75. The van der Waals surface area contributed by atoms with Gasteiger partial charge in [-0.2, -0.15) is 0 Å². The van der Waals surface area contributed by atoms with Crippen molar-refractivity contribution >= 4 is 44.5 Å². The molecule has 2 aromatic carbocycles. The van der Waals surface area contributed by atoms with Gasteiger partial charge in [0.15, 0.2) is 0 Å². The Morgan fingerprint density at radius 3 is 2.83 bits per heavy atom. The van der Waals surface area contributed by atoms with Crippen LogP contribution < -0.4 is 14.4 Å². The molecule has 2 aromatic rings. The molecule has 4 rings (SSSR count). The van der Waals surface area contributed by atoms with Crippen LogP contribution in [0.4, 0.5) is 11.4 Å². The molecule has 0 radical (unpaired) electrons. The Hall–Kier alpha value is -2.52. The molecule has 0 fully saturated rings. The molecule has 2 aliphatic rings. The number of hydrogen-bond acceptors (Lipinski definition) is 7. The maximum atomic E-state index is 13.3. The number of thioether (sulfide) groups is 1. The number of fused-ring (bicyclic) bond motifs is 1. The fourth-order valence-electron chi connectivity index (χ4n) is 3.75. The number of rotatable bonds is 7. The third-order valence-corrected chi connectivity index (χ3v) is 8.45. The summed E-state index contributed by atoms with van der Waals surface area (Å²) in [6, 6.07) is 12.2. The number of carbonyl (C=O) groups is 1. The highest BCUT2D eigenvalue weighted by Crippen LogP contribution is 2.40. The summed E-state index contributed by atoms with van der Waals surface area (Å²) >= 11 is 1.63. The Balaban J connectivity index is 1.61. The maximum Gasteiger partial charge on any atom is 0.267 e. The molecule has 0 saturated heterocycles. The number of benzene rings is 2. The lowest BCUT2D eigenvalue weighted by Crippen LogP contribution is -2.28. The van der Waals surface area contributed by atoms with Gasteiger partial charge in [0, 0.05) is 25.1 Å². The highest BCUT2D eigenvalue weighted by Gasteiger charge is 2.34. The van der Waals surface area contributed by atoms with Gasteiger partial charge in [0.05, 0.1) is 36.1 Å². The van der Waals surface area contributed by atoms with Gasteiger partial charge in [0.1, 0.15) is 16.9 Å². The standard InChI is InChI=1S/C21H23N3O4S2/c1-24(30(26,27)19-9-4-3-8-18(19)28-2)17-7-5-6-14-12-16(23-20(14)17)21-22-13-15(29-21)10-11-25/h3-9,11,15-16,23H,10,12-13H2,1-2H3. The molecule has 0 aliphatic carbocycles. The first-order valence-corrected chi connectivity index (χ1v) is 11.9. The zero-order valence-electron chi connectivity index (χ0n) is 16.7. The number of anilines is 2. The summed E-state index contributed by atoms with van der Waals surface area (Å²) in [7, 11) is -0.808. The van der Waals surface area contributed by atoms with Crippen LogP contribution in [0.5, 0.6) is 5.75 Å². The van der Waals surface area contributed by atoms with Gasteiger partial charge >= 0.3 is 0 Å². The lowest BCUT2D eigenvalue weighted by molar-refractivity contribution is -0.107. The van der Waals surface area contributed by atoms with Crippen molar-refractivity contribution in [2.75, 3.05) is 30.3 Å². The van der Waals surface area contributed by atoms with E-state index in [2.05, 4.69) is 10.3 Å². The fraction of sp³-hybridized carbons (Fsp3) is 0.333. The quantitative estimate of drug-likeness (QED) is 0.660. The average Bonchev–Trinajstić information content (AvgIpc) is 3.40. The topological polar surface area (TPSA) is 88.1 Å². The van der Waals surface area contributed by atoms with Crippen LogP contribution in [0.3, 0.4) is 0 Å². The Morgan fingerprint density at radius 1 is 1.27 bits per heavy atom. The SMILES string of the molecule is COc1ccccc1S(=O)(=O)N(C)c1cccc2c1NC(C1=NCC(CC=O)S1)C2. The summed E-state index contributed by atoms with van der Waals surface area (Å²) in [4.78, 5) is 15.5. The summed E-state index contributed by atoms with van der Waals surface area (Å²) in [6.07, 6.45) is 2.15. The first-order chi connectivity index (χ1) is 14.5. The van der Waals surface area contributed by atoms with E-state index in [1.54, 1.807) is 49.1 Å². The minimum Gasteiger partial charge on any atom is -0.495 e. The van der Waals surface area contributed by atoms with Gasteiger partial charge in [0.25, 0.3) is 10.0 Å². The van der Waals surface area contributed by atoms with Crippen LogP contribution in [0.2, 0.25) is 0 Å². The average molecular weight is 446 g/mol. The van der Waals surface area contributed by atoms with Gasteiger partial charge < -0.3 is 14.8 Å². The van der Waals surface area contributed by atoms with E-state index in [1.165, 1.54) is 11.4 Å². The molecule has 2 aliphatic heterocycles. The molecule has 0 amide bonds. The zero-order valence-corrected chi connectivity index (χ0v) is 18.4. The highest BCUT2D eigenvalue weighted by molar-refractivity contribution is 8.14. The number of para-hydroxylation sites is 2. The summed E-state index contributed by atoms with van der Waals surface area (Å²) < 4.78 is 33.2. The third kappa shape index (κ3) is 3.67. The van der Waals surface area contributed by atoms with Gasteiger partial charge in [-0.1, -0.05) is 24.3 Å². The Morgan fingerprint density at radius 2 is 2.07 bits per heavy atom. The summed E-state index contributed by atoms with van der Waals surface area (Å²) in [5.41, 5.74) is 2.42. The van der Waals surface area contributed by atoms with Crippen molar-refractivity contribution in [1.29, 1.82) is 0 Å². The first-order valence-electron chi connectivity index (χ1n) is 9.60. The molecule has 9 heteroatoms. The second kappa shape index (κ2) is 8.31. The molecule has 0 saturated carbocycles. The van der Waals surface area contributed by atoms with Crippen LogP contribution >= 0.6 is 11.8 Å². The maximum absolute atomic E-state index is 13.3. The molecule has 2 heterocycles. The van der Waals surface area contributed by atoms with Crippen LogP contribution in [0.1, 0.15) is 12.0 Å². The second-order valence-electron chi connectivity index (χ2n) is 7.16. The summed E-state index contributed by atoms with van der Waals surface area (Å²) in [5.74, 6) is 0.306. The lowest BCUT2D eigenvalue weighted by Gasteiger charge is -2.23. The molecule has 0 aromatic heterocycles. The number of hydrogen-bond donors (Lipinski definition) is 1. The van der Waals surface area contributed by atoms with Gasteiger partial charge in [-0.05, 0) is 23.8 Å². The van der Waals surface area contributed by atoms with Crippen LogP contribution in [-0.4, -0.2) is 51.7 Å². The molecule has 2 unspecified atom stereocenters. The molecular weight excluding hydrogens is 422 g/mol. The molecule has 2 atom stereocenters. The van der Waals surface area contributed by atoms with Crippen molar-refractivity contribution < 1.29 is 17.9 Å². The number of aliphatic imine (C=N–C) groups is 1. The second-order valence-corrected chi connectivity index (χ2v) is 10.4. The van der Waals surface area contributed by atoms with Crippen LogP contribution in [0.25, 0.3) is 0 Å². The number of nitrogens with one attached hydrogen (secondary N) is 1. The minimum absolute atomic E-state index is 0.00910. The van der Waals surface area contributed by atoms with E-state index in [4.69, 9.17) is 4.74 Å². The van der Waals surface area contributed by atoms with E-state index >= 15 is 0 Å². The van der Waals surface area contributed by atoms with Crippen molar-refractivity contribution in [2.24, 2.45) is 4.99 Å². The fourth-order valence-corrected chi connectivity index (χ4v) is 6.23. The third-order valence-electron chi connectivity index (χ3n) is 5.31. The van der Waals surface area contributed by atoms with Crippen molar-refractivity contribution in [1.82, 2.24) is 0 Å². The monoisotopic (exact) mass is 445 g/mol. The van der Waals surface area contributed by atoms with Crippen molar-refractivity contribution in [3.63, 3.8) is 0 Å². The van der Waals surface area contributed by atoms with E-state index in [0.29, 0.717) is 24.4 Å². The van der Waals surface area contributed by atoms with Gasteiger partial charge in [-0.15, -0.1) is 11.8 Å². The summed E-state index contributed by atoms with van der Waals surface area (Å²) in [6.45, 7) is 0.641. The predicted octanol–water partition coefficient (Wildman–Crippen LogP) is 2.96. The number of ether oxygens (including phenoxy) is 1. The minimum atomic E-state index is -3.81. The van der Waals surface area contributed by atoms with Crippen molar-refractivity contribution in [3.8, 4) is 5.75 Å². The van der Waals surface area contributed by atoms with Gasteiger partial charge in [0.2, 0.25) is 0 Å². The van der Waals surface area contributed by atoms with Crippen molar-refractivity contribution in [2.45, 2.75) is 29.0 Å². The smallest absolute Gasteiger partial charge is 0.267 e. The molecule has 30 heavy (non-hydrogen) atoms. The van der Waals surface area contributed by atoms with Crippen molar-refractivity contribution in [3.05, 3.63) is 48.0 Å². The molecule has 1 N–H and O–H groups in total. The van der Waals surface area contributed by atoms with E-state index in [1.807, 2.05) is 12.1 Å². The van der Waals surface area contributed by atoms with E-state index in [9.17, 15) is 13.2 Å². The Labute approximate surface area is 180 Å². The van der Waals surface area contributed by atoms with E-state index in [0.717, 1.165) is 29.0 Å². The number of nitrogens with zero attached hydrogens (tertiary/aromatic N) is 2. The molecule has 7 nitrogen and oxygen atoms in total. The number of methoxy groups -OCH3 is 1. The van der Waals surface area contributed by atoms with Crippen LogP contribution in [0.15, 0.2) is 52.4 Å². The number of carbonyl (C=O) groups excluding carboxylic acids is 1. The van der Waals surface area contributed by atoms with Gasteiger partial charge in [-0.3, -0.25) is 9.30 Å². The predicted molar refractivity (Wildman–Crippen MR) is 121 cm³/mol. The molecule has 0 spiro atoms.